The van der Waals surface area contributed by atoms with Gasteiger partial charge in [-0.25, -0.2) is 22.3 Å². The van der Waals surface area contributed by atoms with Crippen LogP contribution in [0.15, 0.2) is 35.2 Å². The molecule has 4 nitrogen and oxygen atoms in total. The fourth-order valence-electron chi connectivity index (χ4n) is 3.41. The van der Waals surface area contributed by atoms with Gasteiger partial charge in [0.2, 0.25) is 10.0 Å². The summed E-state index contributed by atoms with van der Waals surface area (Å²) >= 11 is 0. The van der Waals surface area contributed by atoms with E-state index in [0.717, 1.165) is 12.1 Å². The van der Waals surface area contributed by atoms with E-state index < -0.39 is 32.9 Å². The molecule has 3 rings (SSSR count). The molecule has 0 unspecified atom stereocenters. The first-order chi connectivity index (χ1) is 13.4. The fraction of sp³-hybridized carbons (Fsp3) is 0.263. The van der Waals surface area contributed by atoms with Crippen LogP contribution in [-0.2, 0) is 10.0 Å². The topological polar surface area (TPSA) is 69.4 Å². The molecule has 0 saturated heterocycles. The predicted octanol–water partition coefficient (Wildman–Crippen LogP) is 4.91. The first kappa shape index (κ1) is 21.3. The van der Waals surface area contributed by atoms with Crippen LogP contribution < -0.4 is 9.88 Å². The van der Waals surface area contributed by atoms with Crippen molar-refractivity contribution < 1.29 is 35.1 Å². The number of aryl methyl sites for hydroxylation is 1. The number of nitrogens with two attached hydrogens (primary N) is 1. The third kappa shape index (κ3) is 4.59. The van der Waals surface area contributed by atoms with Crippen molar-refractivity contribution in [3.8, 4) is 5.75 Å². The van der Waals surface area contributed by atoms with E-state index in [9.17, 15) is 30.4 Å². The van der Waals surface area contributed by atoms with Gasteiger partial charge in [0.15, 0.2) is 4.90 Å². The zero-order chi connectivity index (χ0) is 21.6. The number of benzene rings is 2. The van der Waals surface area contributed by atoms with Gasteiger partial charge < -0.3 is 4.74 Å². The second-order valence-corrected chi connectivity index (χ2v) is 8.15. The van der Waals surface area contributed by atoms with Crippen LogP contribution in [0.4, 0.5) is 22.0 Å². The third-order valence-corrected chi connectivity index (χ3v) is 5.57. The normalized spacial score (nSPS) is 15.1. The van der Waals surface area contributed by atoms with Gasteiger partial charge in [-0.15, -0.1) is 13.2 Å². The summed E-state index contributed by atoms with van der Waals surface area (Å²) in [6, 6.07) is 6.03. The molecule has 0 aliphatic heterocycles. The smallest absolute Gasteiger partial charge is 0.405 e. The maximum Gasteiger partial charge on any atom is 0.573 e. The highest BCUT2D eigenvalue weighted by molar-refractivity contribution is 7.89. The second-order valence-electron chi connectivity index (χ2n) is 6.65. The van der Waals surface area contributed by atoms with Gasteiger partial charge in [0.05, 0.1) is 0 Å². The predicted molar refractivity (Wildman–Crippen MR) is 96.3 cm³/mol. The van der Waals surface area contributed by atoms with E-state index in [2.05, 4.69) is 4.74 Å². The molecule has 10 heteroatoms. The summed E-state index contributed by atoms with van der Waals surface area (Å²) in [4.78, 5) is -1.22. The molecule has 0 atom stereocenters. The van der Waals surface area contributed by atoms with Crippen molar-refractivity contribution in [2.45, 2.75) is 37.4 Å². The Bertz CT molecular complexity index is 1080. The molecule has 0 heterocycles. The molecule has 156 valence electrons. The van der Waals surface area contributed by atoms with Gasteiger partial charge >= 0.3 is 6.36 Å². The average molecular weight is 433 g/mol. The first-order valence-electron chi connectivity index (χ1n) is 8.48. The number of rotatable bonds is 4. The molecule has 0 spiro atoms. The van der Waals surface area contributed by atoms with Gasteiger partial charge in [-0.05, 0) is 72.2 Å². The summed E-state index contributed by atoms with van der Waals surface area (Å²) < 4.78 is 93.1. The van der Waals surface area contributed by atoms with Crippen molar-refractivity contribution in [3.63, 3.8) is 0 Å². The molecule has 0 aromatic heterocycles. The largest absolute Gasteiger partial charge is 0.573 e. The molecule has 2 aromatic carbocycles. The van der Waals surface area contributed by atoms with Crippen LogP contribution in [0.2, 0.25) is 0 Å². The van der Waals surface area contributed by atoms with Crippen LogP contribution in [0.25, 0.3) is 11.1 Å². The number of ether oxygens (including phenoxy) is 1. The monoisotopic (exact) mass is 433 g/mol. The fourth-order valence-corrected chi connectivity index (χ4v) is 4.07. The van der Waals surface area contributed by atoms with Crippen LogP contribution >= 0.6 is 0 Å². The van der Waals surface area contributed by atoms with Gasteiger partial charge in [0, 0.05) is 0 Å². The Morgan fingerprint density at radius 2 is 1.52 bits per heavy atom. The molecule has 0 fully saturated rings. The molecule has 0 bridgehead atoms. The van der Waals surface area contributed by atoms with Crippen LogP contribution in [0, 0.1) is 18.6 Å². The van der Waals surface area contributed by atoms with E-state index >= 15 is 0 Å². The lowest BCUT2D eigenvalue weighted by molar-refractivity contribution is -0.274. The Kier molecular flexibility index (Phi) is 5.44. The van der Waals surface area contributed by atoms with Crippen LogP contribution in [0.3, 0.4) is 0 Å². The third-order valence-electron chi connectivity index (χ3n) is 4.61. The van der Waals surface area contributed by atoms with E-state index in [1.807, 2.05) is 0 Å². The molecule has 1 aliphatic rings. The highest BCUT2D eigenvalue weighted by atomic mass is 32.2. The van der Waals surface area contributed by atoms with E-state index in [1.54, 1.807) is 6.07 Å². The standard InChI is InChI=1S/C19H16F5NO3S/c1-10-5-6-11(9-17(10)28-19(22,23)24)13-3-2-4-14(13)12-7-15(20)18(16(21)8-12)29(25,26)27/h5-9H,2-4H2,1H3,(H2,25,26,27). The van der Waals surface area contributed by atoms with E-state index in [-0.39, 0.29) is 16.9 Å². The molecule has 2 aromatic rings. The zero-order valence-electron chi connectivity index (χ0n) is 15.1. The molecular formula is C19H16F5NO3S. The lowest BCUT2D eigenvalue weighted by Gasteiger charge is -2.15. The first-order valence-corrected chi connectivity index (χ1v) is 10.0. The number of alkyl halides is 3. The van der Waals surface area contributed by atoms with Gasteiger partial charge in [-0.3, -0.25) is 0 Å². The number of hydrogen-bond donors (Lipinski definition) is 1. The zero-order valence-corrected chi connectivity index (χ0v) is 15.9. The number of sulfonamides is 1. The van der Waals surface area contributed by atoms with Crippen molar-refractivity contribution in [2.75, 3.05) is 0 Å². The minimum Gasteiger partial charge on any atom is -0.405 e. The van der Waals surface area contributed by atoms with Crippen molar-refractivity contribution in [1.82, 2.24) is 0 Å². The molecular weight excluding hydrogens is 417 g/mol. The van der Waals surface area contributed by atoms with Crippen LogP contribution in [-0.4, -0.2) is 14.8 Å². The van der Waals surface area contributed by atoms with Crippen molar-refractivity contribution in [3.05, 3.63) is 58.7 Å². The minimum absolute atomic E-state index is 0.110. The molecule has 29 heavy (non-hydrogen) atoms. The Balaban J connectivity index is 2.11. The molecule has 0 saturated carbocycles. The Morgan fingerprint density at radius 3 is 2.03 bits per heavy atom. The minimum atomic E-state index is -4.86. The number of allylic oxidation sites excluding steroid dienone is 2. The van der Waals surface area contributed by atoms with Crippen LogP contribution in [0.5, 0.6) is 5.75 Å². The highest BCUT2D eigenvalue weighted by Crippen LogP contribution is 2.42. The summed E-state index contributed by atoms with van der Waals surface area (Å²) in [6.07, 6.45) is -3.34. The average Bonchev–Trinajstić information content (AvgIpc) is 3.03. The molecule has 2 N–H and O–H groups in total. The number of halogens is 5. The summed E-state index contributed by atoms with van der Waals surface area (Å²) in [7, 11) is -4.59. The van der Waals surface area contributed by atoms with Crippen LogP contribution in [0.1, 0.15) is 36.0 Å². The van der Waals surface area contributed by atoms with Gasteiger partial charge in [0.1, 0.15) is 17.4 Å². The van der Waals surface area contributed by atoms with Crippen molar-refractivity contribution in [2.24, 2.45) is 5.14 Å². The quantitative estimate of drug-likeness (QED) is 0.697. The van der Waals surface area contributed by atoms with Gasteiger partial charge in [0.25, 0.3) is 0 Å². The molecule has 0 amide bonds. The highest BCUT2D eigenvalue weighted by Gasteiger charge is 2.32. The summed E-state index contributed by atoms with van der Waals surface area (Å²) in [5.41, 5.74) is 1.95. The Labute approximate surface area is 163 Å². The SMILES string of the molecule is Cc1ccc(C2=C(c3cc(F)c(S(N)(=O)=O)c(F)c3)CCC2)cc1OC(F)(F)F. The second kappa shape index (κ2) is 7.42. The van der Waals surface area contributed by atoms with Gasteiger partial charge in [-0.2, -0.15) is 0 Å². The number of primary sulfonamides is 1. The Hall–Kier alpha value is -2.46. The van der Waals surface area contributed by atoms with E-state index in [4.69, 9.17) is 5.14 Å². The molecule has 0 radical (unpaired) electrons. The lowest BCUT2D eigenvalue weighted by atomic mass is 9.96. The van der Waals surface area contributed by atoms with E-state index in [0.29, 0.717) is 36.0 Å². The van der Waals surface area contributed by atoms with Crippen molar-refractivity contribution in [1.29, 1.82) is 0 Å². The Morgan fingerprint density at radius 1 is 0.966 bits per heavy atom. The van der Waals surface area contributed by atoms with Gasteiger partial charge in [-0.1, -0.05) is 12.1 Å². The van der Waals surface area contributed by atoms with E-state index in [1.165, 1.54) is 19.1 Å². The van der Waals surface area contributed by atoms with Crippen molar-refractivity contribution >= 4 is 21.2 Å². The summed E-state index contributed by atoms with van der Waals surface area (Å²) in [5.74, 6) is -3.02. The lowest BCUT2D eigenvalue weighted by Crippen LogP contribution is -2.17. The maximum absolute atomic E-state index is 14.2. The summed E-state index contributed by atoms with van der Waals surface area (Å²) in [6.45, 7) is 1.46. The molecule has 1 aliphatic carbocycles. The number of hydrogen-bond acceptors (Lipinski definition) is 3. The summed E-state index contributed by atoms with van der Waals surface area (Å²) in [5, 5.41) is 4.84. The maximum atomic E-state index is 14.2.